The van der Waals surface area contributed by atoms with Crippen LogP contribution in [0.2, 0.25) is 0 Å². The van der Waals surface area contributed by atoms with Crippen LogP contribution in [0.3, 0.4) is 0 Å². The van der Waals surface area contributed by atoms with E-state index in [1.807, 2.05) is 13.8 Å². The quantitative estimate of drug-likeness (QED) is 0.642. The number of hydrogen-bond donors (Lipinski definition) is 1. The molecular weight excluding hydrogens is 168 g/mol. The van der Waals surface area contributed by atoms with Crippen LogP contribution in [0.15, 0.2) is 11.0 Å². The molecule has 0 radical (unpaired) electrons. The highest BCUT2D eigenvalue weighted by Crippen LogP contribution is 2.26. The van der Waals surface area contributed by atoms with Crippen LogP contribution in [0.4, 0.5) is 0 Å². The van der Waals surface area contributed by atoms with Crippen LogP contribution in [0.25, 0.3) is 0 Å². The highest BCUT2D eigenvalue weighted by atomic mass is 16.5. The van der Waals surface area contributed by atoms with Crippen molar-refractivity contribution in [1.82, 2.24) is 9.97 Å². The van der Waals surface area contributed by atoms with Gasteiger partial charge in [0.2, 0.25) is 0 Å². The molecular formula is C9H12N2O2. The van der Waals surface area contributed by atoms with Gasteiger partial charge >= 0.3 is 5.69 Å². The van der Waals surface area contributed by atoms with Gasteiger partial charge in [0.15, 0.2) is 0 Å². The van der Waals surface area contributed by atoms with E-state index in [2.05, 4.69) is 9.97 Å². The van der Waals surface area contributed by atoms with Crippen molar-refractivity contribution in [3.8, 4) is 0 Å². The molecule has 0 bridgehead atoms. The molecule has 1 aliphatic rings. The predicted octanol–water partition coefficient (Wildman–Crippen LogP) is 0.792. The summed E-state index contributed by atoms with van der Waals surface area (Å²) < 4.78 is 5.59. The zero-order valence-corrected chi connectivity index (χ0v) is 7.70. The molecule has 2 rings (SSSR count). The van der Waals surface area contributed by atoms with Gasteiger partial charge in [0.05, 0.1) is 12.2 Å². The van der Waals surface area contributed by atoms with E-state index in [0.29, 0.717) is 0 Å². The molecule has 1 aromatic rings. The van der Waals surface area contributed by atoms with Crippen molar-refractivity contribution in [2.45, 2.75) is 32.5 Å². The molecule has 4 nitrogen and oxygen atoms in total. The Hall–Kier alpha value is -1.16. The predicted molar refractivity (Wildman–Crippen MR) is 47.5 cm³/mol. The van der Waals surface area contributed by atoms with Crippen molar-refractivity contribution in [2.75, 3.05) is 0 Å². The molecule has 0 amide bonds. The molecule has 0 aromatic carbocycles. The largest absolute Gasteiger partial charge is 0.370 e. The fourth-order valence-corrected chi connectivity index (χ4v) is 1.72. The first-order valence-corrected chi connectivity index (χ1v) is 4.40. The van der Waals surface area contributed by atoms with Crippen molar-refractivity contribution in [2.24, 2.45) is 0 Å². The average Bonchev–Trinajstić information content (AvgIpc) is 2.02. The van der Waals surface area contributed by atoms with E-state index >= 15 is 0 Å². The third-order valence-electron chi connectivity index (χ3n) is 2.29. The summed E-state index contributed by atoms with van der Waals surface area (Å²) in [5.74, 6) is 0. The van der Waals surface area contributed by atoms with E-state index in [1.54, 1.807) is 6.20 Å². The molecule has 70 valence electrons. The van der Waals surface area contributed by atoms with E-state index in [-0.39, 0.29) is 17.9 Å². The number of H-pyrrole nitrogens is 1. The second-order valence-electron chi connectivity index (χ2n) is 3.42. The van der Waals surface area contributed by atoms with Crippen LogP contribution in [0, 0.1) is 0 Å². The fraction of sp³-hybridized carbons (Fsp3) is 0.556. The van der Waals surface area contributed by atoms with Gasteiger partial charge in [-0.1, -0.05) is 0 Å². The lowest BCUT2D eigenvalue weighted by atomic mass is 10.0. The van der Waals surface area contributed by atoms with E-state index in [9.17, 15) is 4.79 Å². The number of rotatable bonds is 0. The van der Waals surface area contributed by atoms with Gasteiger partial charge in [-0.05, 0) is 13.8 Å². The normalized spacial score (nSPS) is 26.9. The Morgan fingerprint density at radius 3 is 3.15 bits per heavy atom. The van der Waals surface area contributed by atoms with E-state index in [0.717, 1.165) is 17.7 Å². The molecule has 0 spiro atoms. The summed E-state index contributed by atoms with van der Waals surface area (Å²) in [6, 6.07) is 0. The number of hydrogen-bond acceptors (Lipinski definition) is 3. The van der Waals surface area contributed by atoms with Crippen molar-refractivity contribution in [1.29, 1.82) is 0 Å². The Kier molecular flexibility index (Phi) is 1.92. The first kappa shape index (κ1) is 8.44. The highest BCUT2D eigenvalue weighted by Gasteiger charge is 2.22. The van der Waals surface area contributed by atoms with Crippen LogP contribution < -0.4 is 5.69 Å². The van der Waals surface area contributed by atoms with Gasteiger partial charge < -0.3 is 9.72 Å². The smallest absolute Gasteiger partial charge is 0.345 e. The van der Waals surface area contributed by atoms with E-state index in [4.69, 9.17) is 4.74 Å². The van der Waals surface area contributed by atoms with Crippen molar-refractivity contribution >= 4 is 0 Å². The first-order valence-electron chi connectivity index (χ1n) is 4.40. The van der Waals surface area contributed by atoms with Crippen LogP contribution >= 0.6 is 0 Å². The second-order valence-corrected chi connectivity index (χ2v) is 3.42. The summed E-state index contributed by atoms with van der Waals surface area (Å²) in [5, 5.41) is 0. The molecule has 0 saturated heterocycles. The SMILES string of the molecule is CC1Cc2[nH]c(=O)ncc2C(C)O1. The second kappa shape index (κ2) is 2.96. The molecule has 2 unspecified atom stereocenters. The summed E-state index contributed by atoms with van der Waals surface area (Å²) in [6.07, 6.45) is 2.56. The van der Waals surface area contributed by atoms with Gasteiger partial charge in [-0.2, -0.15) is 0 Å². The van der Waals surface area contributed by atoms with Crippen LogP contribution in [0.1, 0.15) is 31.2 Å². The van der Waals surface area contributed by atoms with Crippen molar-refractivity contribution in [3.05, 3.63) is 27.9 Å². The van der Waals surface area contributed by atoms with Gasteiger partial charge in [0.1, 0.15) is 0 Å². The Balaban J connectivity index is 2.49. The molecule has 13 heavy (non-hydrogen) atoms. The van der Waals surface area contributed by atoms with Crippen LogP contribution in [-0.4, -0.2) is 16.1 Å². The molecule has 0 aliphatic carbocycles. The third kappa shape index (κ3) is 1.49. The maximum absolute atomic E-state index is 10.9. The number of aromatic amines is 1. The summed E-state index contributed by atoms with van der Waals surface area (Å²) in [7, 11) is 0. The Morgan fingerprint density at radius 1 is 1.62 bits per heavy atom. The zero-order chi connectivity index (χ0) is 9.42. The number of aromatic nitrogens is 2. The number of nitrogens with one attached hydrogen (secondary N) is 1. The lowest BCUT2D eigenvalue weighted by molar-refractivity contribution is -0.00633. The summed E-state index contributed by atoms with van der Waals surface area (Å²) in [5.41, 5.74) is 1.68. The van der Waals surface area contributed by atoms with E-state index < -0.39 is 0 Å². The first-order chi connectivity index (χ1) is 6.16. The monoisotopic (exact) mass is 180 g/mol. The fourth-order valence-electron chi connectivity index (χ4n) is 1.72. The number of fused-ring (bicyclic) bond motifs is 1. The lowest BCUT2D eigenvalue weighted by Crippen LogP contribution is -2.27. The Labute approximate surface area is 76.0 Å². The summed E-state index contributed by atoms with van der Waals surface area (Å²) >= 11 is 0. The van der Waals surface area contributed by atoms with Gasteiger partial charge in [-0.3, -0.25) is 0 Å². The molecule has 1 aromatic heterocycles. The van der Waals surface area contributed by atoms with Gasteiger partial charge in [-0.25, -0.2) is 9.78 Å². The number of nitrogens with zero attached hydrogens (tertiary/aromatic N) is 1. The standard InChI is InChI=1S/C9H12N2O2/c1-5-3-8-7(6(2)13-5)4-10-9(12)11-8/h4-6H,3H2,1-2H3,(H,10,11,12). The Morgan fingerprint density at radius 2 is 2.38 bits per heavy atom. The molecule has 2 atom stereocenters. The zero-order valence-electron chi connectivity index (χ0n) is 7.70. The summed E-state index contributed by atoms with van der Waals surface area (Å²) in [4.78, 5) is 17.4. The van der Waals surface area contributed by atoms with Crippen molar-refractivity contribution < 1.29 is 4.74 Å². The third-order valence-corrected chi connectivity index (χ3v) is 2.29. The lowest BCUT2D eigenvalue weighted by Gasteiger charge is -2.26. The molecule has 0 fully saturated rings. The summed E-state index contributed by atoms with van der Waals surface area (Å²) in [6.45, 7) is 3.96. The molecule has 1 aliphatic heterocycles. The number of ether oxygens (including phenoxy) is 1. The molecule has 1 N–H and O–H groups in total. The van der Waals surface area contributed by atoms with Crippen molar-refractivity contribution in [3.63, 3.8) is 0 Å². The molecule has 0 saturated carbocycles. The maximum atomic E-state index is 10.9. The Bertz CT molecular complexity index is 372. The topological polar surface area (TPSA) is 55.0 Å². The van der Waals surface area contributed by atoms with Crippen LogP contribution in [-0.2, 0) is 11.2 Å². The maximum Gasteiger partial charge on any atom is 0.345 e. The molecule has 2 heterocycles. The van der Waals surface area contributed by atoms with Gasteiger partial charge in [-0.15, -0.1) is 0 Å². The average molecular weight is 180 g/mol. The van der Waals surface area contributed by atoms with Crippen LogP contribution in [0.5, 0.6) is 0 Å². The minimum absolute atomic E-state index is 0.0306. The molecule has 4 heteroatoms. The minimum atomic E-state index is -0.278. The van der Waals surface area contributed by atoms with Gasteiger partial charge in [0, 0.05) is 23.9 Å². The van der Waals surface area contributed by atoms with E-state index in [1.165, 1.54) is 0 Å². The highest BCUT2D eigenvalue weighted by molar-refractivity contribution is 5.21. The van der Waals surface area contributed by atoms with Gasteiger partial charge in [0.25, 0.3) is 0 Å². The minimum Gasteiger partial charge on any atom is -0.370 e.